The Hall–Kier alpha value is -3.52. The van der Waals surface area contributed by atoms with E-state index in [1.165, 1.54) is 12.1 Å². The number of nitrogens with one attached hydrogen (secondary N) is 2. The Balaban J connectivity index is 1.31. The number of hydrogen-bond donors (Lipinski definition) is 2. The maximum absolute atomic E-state index is 12.7. The van der Waals surface area contributed by atoms with Gasteiger partial charge in [0.15, 0.2) is 17.5 Å². The minimum absolute atomic E-state index is 0.0284. The lowest BCUT2D eigenvalue weighted by Crippen LogP contribution is -2.37. The Morgan fingerprint density at radius 1 is 1.09 bits per heavy atom. The molecule has 2 N–H and O–H groups in total. The molecule has 0 spiro atoms. The highest BCUT2D eigenvalue weighted by atomic mass is 19.4. The Morgan fingerprint density at radius 3 is 2.66 bits per heavy atom. The summed E-state index contributed by atoms with van der Waals surface area (Å²) in [5.41, 5.74) is -1.15. The minimum Gasteiger partial charge on any atom is -0.490 e. The number of rotatable bonds is 10. The first-order chi connectivity index (χ1) is 16.8. The van der Waals surface area contributed by atoms with Crippen molar-refractivity contribution in [3.63, 3.8) is 0 Å². The van der Waals surface area contributed by atoms with Crippen molar-refractivity contribution in [2.24, 2.45) is 0 Å². The van der Waals surface area contributed by atoms with Crippen LogP contribution in [0.1, 0.15) is 19.3 Å². The van der Waals surface area contributed by atoms with Crippen molar-refractivity contribution in [2.45, 2.75) is 38.5 Å². The van der Waals surface area contributed by atoms with Crippen LogP contribution in [0.5, 0.6) is 17.5 Å². The van der Waals surface area contributed by atoms with E-state index >= 15 is 0 Å². The SMILES string of the molecule is O=c1[nH]c2nc(OCCOc3cccc(OC(F)(F)F)c3)[nH]c2c(=O)n1CCOC1CCCCO1. The van der Waals surface area contributed by atoms with Gasteiger partial charge in [-0.2, -0.15) is 4.98 Å². The highest BCUT2D eigenvalue weighted by Crippen LogP contribution is 2.26. The van der Waals surface area contributed by atoms with E-state index in [0.717, 1.165) is 36.0 Å². The number of fused-ring (bicyclic) bond motifs is 1. The van der Waals surface area contributed by atoms with Crippen LogP contribution in [0, 0.1) is 0 Å². The molecule has 0 aliphatic carbocycles. The van der Waals surface area contributed by atoms with Crippen molar-refractivity contribution in [3.05, 3.63) is 45.1 Å². The van der Waals surface area contributed by atoms with Gasteiger partial charge in [-0.3, -0.25) is 14.3 Å². The third kappa shape index (κ3) is 6.76. The summed E-state index contributed by atoms with van der Waals surface area (Å²) in [4.78, 5) is 34.2. The predicted molar refractivity (Wildman–Crippen MR) is 115 cm³/mol. The minimum atomic E-state index is -4.81. The number of halogens is 3. The molecule has 0 amide bonds. The largest absolute Gasteiger partial charge is 0.573 e. The smallest absolute Gasteiger partial charge is 0.490 e. The molecule has 190 valence electrons. The molecule has 0 saturated carbocycles. The summed E-state index contributed by atoms with van der Waals surface area (Å²) in [6.07, 6.45) is -2.40. The summed E-state index contributed by atoms with van der Waals surface area (Å²) in [5, 5.41) is 0. The summed E-state index contributed by atoms with van der Waals surface area (Å²) in [6, 6.07) is 5.02. The molecule has 35 heavy (non-hydrogen) atoms. The standard InChI is InChI=1S/C21H23F3N4O7/c22-21(23,24)35-14-5-3-4-13(12-14)31-10-11-34-19-25-16-17(26-19)27-20(30)28(18(16)29)7-9-33-15-6-1-2-8-32-15/h3-5,12,15H,1-2,6-11H2,(H,25,26)(H,27,30). The van der Waals surface area contributed by atoms with Gasteiger partial charge < -0.3 is 28.7 Å². The second-order valence-corrected chi connectivity index (χ2v) is 7.54. The summed E-state index contributed by atoms with van der Waals surface area (Å²) >= 11 is 0. The Morgan fingerprint density at radius 2 is 1.89 bits per heavy atom. The van der Waals surface area contributed by atoms with Gasteiger partial charge in [0, 0.05) is 12.7 Å². The number of benzene rings is 1. The van der Waals surface area contributed by atoms with Gasteiger partial charge in [-0.05, 0) is 31.4 Å². The van der Waals surface area contributed by atoms with Gasteiger partial charge in [0.1, 0.15) is 24.7 Å². The molecule has 14 heteroatoms. The highest BCUT2D eigenvalue weighted by molar-refractivity contribution is 5.69. The molecular formula is C21H23F3N4O7. The molecule has 4 rings (SSSR count). The van der Waals surface area contributed by atoms with Gasteiger partial charge >= 0.3 is 12.1 Å². The van der Waals surface area contributed by atoms with Crippen molar-refractivity contribution in [2.75, 3.05) is 26.4 Å². The average Bonchev–Trinajstić information content (AvgIpc) is 3.22. The molecule has 2 aromatic heterocycles. The van der Waals surface area contributed by atoms with E-state index in [9.17, 15) is 22.8 Å². The molecule has 1 fully saturated rings. The van der Waals surface area contributed by atoms with E-state index in [1.807, 2.05) is 0 Å². The van der Waals surface area contributed by atoms with E-state index in [0.29, 0.717) is 6.61 Å². The van der Waals surface area contributed by atoms with Crippen LogP contribution in [0.2, 0.25) is 0 Å². The van der Waals surface area contributed by atoms with E-state index in [2.05, 4.69) is 19.7 Å². The average molecular weight is 500 g/mol. The highest BCUT2D eigenvalue weighted by Gasteiger charge is 2.31. The number of aromatic amines is 2. The molecule has 1 unspecified atom stereocenters. The lowest BCUT2D eigenvalue weighted by molar-refractivity contribution is -0.274. The van der Waals surface area contributed by atoms with Gasteiger partial charge in [0.2, 0.25) is 0 Å². The van der Waals surface area contributed by atoms with E-state index in [1.54, 1.807) is 0 Å². The van der Waals surface area contributed by atoms with Gasteiger partial charge in [0.25, 0.3) is 11.6 Å². The third-order valence-corrected chi connectivity index (χ3v) is 5.00. The lowest BCUT2D eigenvalue weighted by Gasteiger charge is -2.22. The maximum Gasteiger partial charge on any atom is 0.573 e. The zero-order valence-corrected chi connectivity index (χ0v) is 18.4. The van der Waals surface area contributed by atoms with E-state index < -0.39 is 23.4 Å². The van der Waals surface area contributed by atoms with Crippen LogP contribution in [0.4, 0.5) is 13.2 Å². The Bertz CT molecular complexity index is 1250. The zero-order chi connectivity index (χ0) is 24.8. The van der Waals surface area contributed by atoms with Crippen molar-refractivity contribution >= 4 is 11.2 Å². The fraction of sp³-hybridized carbons (Fsp3) is 0.476. The van der Waals surface area contributed by atoms with Gasteiger partial charge in [0.05, 0.1) is 13.2 Å². The normalized spacial score (nSPS) is 16.4. The van der Waals surface area contributed by atoms with E-state index in [-0.39, 0.29) is 55.6 Å². The van der Waals surface area contributed by atoms with Crippen LogP contribution in [0.25, 0.3) is 11.2 Å². The first-order valence-corrected chi connectivity index (χ1v) is 10.9. The van der Waals surface area contributed by atoms with Crippen molar-refractivity contribution in [3.8, 4) is 17.5 Å². The summed E-state index contributed by atoms with van der Waals surface area (Å²) in [5.74, 6) is -0.266. The van der Waals surface area contributed by atoms with Gasteiger partial charge in [-0.25, -0.2) is 4.79 Å². The van der Waals surface area contributed by atoms with Crippen molar-refractivity contribution < 1.29 is 36.9 Å². The fourth-order valence-electron chi connectivity index (χ4n) is 3.44. The second-order valence-electron chi connectivity index (χ2n) is 7.54. The lowest BCUT2D eigenvalue weighted by atomic mass is 10.2. The van der Waals surface area contributed by atoms with Gasteiger partial charge in [-0.1, -0.05) is 6.07 Å². The molecule has 3 aromatic rings. The Labute approximate surface area is 195 Å². The first kappa shape index (κ1) is 24.6. The topological polar surface area (TPSA) is 130 Å². The molecule has 1 aliphatic heterocycles. The first-order valence-electron chi connectivity index (χ1n) is 10.9. The maximum atomic E-state index is 12.7. The van der Waals surface area contributed by atoms with Crippen molar-refractivity contribution in [1.29, 1.82) is 0 Å². The molecular weight excluding hydrogens is 477 g/mol. The molecule has 0 bridgehead atoms. The number of alkyl halides is 3. The molecule has 1 aromatic carbocycles. The van der Waals surface area contributed by atoms with E-state index in [4.69, 9.17) is 18.9 Å². The molecule has 11 nitrogen and oxygen atoms in total. The number of imidazole rings is 1. The molecule has 3 heterocycles. The zero-order valence-electron chi connectivity index (χ0n) is 18.4. The summed E-state index contributed by atoms with van der Waals surface area (Å²) < 4.78 is 63.6. The predicted octanol–water partition coefficient (Wildman–Crippen LogP) is 2.31. The number of nitrogens with zero attached hydrogens (tertiary/aromatic N) is 2. The summed E-state index contributed by atoms with van der Waals surface area (Å²) in [7, 11) is 0. The molecule has 0 radical (unpaired) electrons. The molecule has 1 aliphatic rings. The van der Waals surface area contributed by atoms with Crippen LogP contribution >= 0.6 is 0 Å². The second kappa shape index (κ2) is 10.8. The van der Waals surface area contributed by atoms with Crippen LogP contribution in [-0.4, -0.2) is 58.6 Å². The van der Waals surface area contributed by atoms with Crippen molar-refractivity contribution in [1.82, 2.24) is 19.5 Å². The number of ether oxygens (including phenoxy) is 5. The Kier molecular flexibility index (Phi) is 7.60. The molecule has 1 atom stereocenters. The fourth-order valence-corrected chi connectivity index (χ4v) is 3.44. The summed E-state index contributed by atoms with van der Waals surface area (Å²) in [6.45, 7) is 0.705. The monoisotopic (exact) mass is 500 g/mol. The number of H-pyrrole nitrogens is 2. The number of hydrogen-bond acceptors (Lipinski definition) is 8. The third-order valence-electron chi connectivity index (χ3n) is 5.00. The van der Waals surface area contributed by atoms with Crippen LogP contribution in [0.15, 0.2) is 33.9 Å². The van der Waals surface area contributed by atoms with Crippen LogP contribution in [0.3, 0.4) is 0 Å². The van der Waals surface area contributed by atoms with Crippen LogP contribution < -0.4 is 25.5 Å². The van der Waals surface area contributed by atoms with Gasteiger partial charge in [-0.15, -0.1) is 13.2 Å². The number of aromatic nitrogens is 4. The molecule has 1 saturated heterocycles. The van der Waals surface area contributed by atoms with Crippen LogP contribution in [-0.2, 0) is 16.0 Å². The quantitative estimate of drug-likeness (QED) is 0.406.